The highest BCUT2D eigenvalue weighted by atomic mass is 35.5. The molecule has 1 aliphatic carbocycles. The second kappa shape index (κ2) is 14.6. The summed E-state index contributed by atoms with van der Waals surface area (Å²) < 4.78 is 11.3. The molecule has 1 aromatic rings. The molecule has 0 bridgehead atoms. The van der Waals surface area contributed by atoms with Crippen LogP contribution in [0.15, 0.2) is 24.3 Å². The van der Waals surface area contributed by atoms with Gasteiger partial charge in [0.05, 0.1) is 7.11 Å². The van der Waals surface area contributed by atoms with Gasteiger partial charge in [-0.1, -0.05) is 19.4 Å². The number of nitrogens with zero attached hydrogens (tertiary/aromatic N) is 2. The number of methoxy groups -OCH3 is 1. The van der Waals surface area contributed by atoms with Crippen molar-refractivity contribution in [3.63, 3.8) is 0 Å². The summed E-state index contributed by atoms with van der Waals surface area (Å²) in [5.74, 6) is 1.80. The Morgan fingerprint density at radius 3 is 2.35 bits per heavy atom. The summed E-state index contributed by atoms with van der Waals surface area (Å²) in [6, 6.07) is 6.39. The van der Waals surface area contributed by atoms with Crippen molar-refractivity contribution in [3.05, 3.63) is 29.8 Å². The van der Waals surface area contributed by atoms with E-state index in [1.165, 1.54) is 45.2 Å². The minimum atomic E-state index is -0.0662. The minimum Gasteiger partial charge on any atom is -0.493 e. The van der Waals surface area contributed by atoms with E-state index in [2.05, 4.69) is 17.1 Å². The van der Waals surface area contributed by atoms with Crippen molar-refractivity contribution in [2.24, 2.45) is 5.92 Å². The lowest BCUT2D eigenvalue weighted by Gasteiger charge is -2.40. The molecule has 1 saturated carbocycles. The van der Waals surface area contributed by atoms with Crippen molar-refractivity contribution >= 4 is 30.3 Å². The van der Waals surface area contributed by atoms with Crippen molar-refractivity contribution in [1.29, 1.82) is 0 Å². The second-order valence-electron chi connectivity index (χ2n) is 10.7. The zero-order valence-electron chi connectivity index (χ0n) is 22.5. The van der Waals surface area contributed by atoms with E-state index >= 15 is 0 Å². The zero-order valence-corrected chi connectivity index (χ0v) is 23.3. The van der Waals surface area contributed by atoms with Crippen molar-refractivity contribution < 1.29 is 19.1 Å². The van der Waals surface area contributed by atoms with E-state index in [9.17, 15) is 9.59 Å². The van der Waals surface area contributed by atoms with Gasteiger partial charge in [-0.25, -0.2) is 0 Å². The smallest absolute Gasteiger partial charge is 0.260 e. The van der Waals surface area contributed by atoms with Gasteiger partial charge in [-0.3, -0.25) is 9.59 Å². The predicted octanol–water partition coefficient (Wildman–Crippen LogP) is 4.68. The van der Waals surface area contributed by atoms with Crippen LogP contribution in [-0.4, -0.2) is 73.6 Å². The quantitative estimate of drug-likeness (QED) is 0.491. The van der Waals surface area contributed by atoms with E-state index in [1.54, 1.807) is 25.3 Å². The van der Waals surface area contributed by atoms with Crippen molar-refractivity contribution in [1.82, 2.24) is 15.1 Å². The number of ether oxygens (including phenoxy) is 2. The molecule has 0 aromatic heterocycles. The van der Waals surface area contributed by atoms with Crippen molar-refractivity contribution in [2.75, 3.05) is 39.9 Å². The average Bonchev–Trinajstić information content (AvgIpc) is 2.92. The van der Waals surface area contributed by atoms with E-state index in [0.29, 0.717) is 17.5 Å². The monoisotopic (exact) mass is 533 g/mol. The standard InChI is InChI=1S/C29H43N3O4.ClH/c1-22-6-10-24(11-7-22)30-28(33)13-9-23-8-12-26(27(20-23)35-2)36-21-29(34)32-18-14-25(15-19-32)31-16-4-3-5-17-31;/h8-9,12-13,20,22,24-25H,3-7,10-11,14-19,21H2,1-2H3,(H,30,33);1H/b13-9+;/t22-,24-;. The lowest BCUT2D eigenvalue weighted by atomic mass is 9.87. The summed E-state index contributed by atoms with van der Waals surface area (Å²) in [7, 11) is 1.58. The largest absolute Gasteiger partial charge is 0.493 e. The number of halogens is 1. The fourth-order valence-corrected chi connectivity index (χ4v) is 5.73. The Morgan fingerprint density at radius 2 is 1.68 bits per heavy atom. The zero-order chi connectivity index (χ0) is 25.3. The molecule has 3 aliphatic rings. The molecular weight excluding hydrogens is 490 g/mol. The third-order valence-electron chi connectivity index (χ3n) is 8.05. The van der Waals surface area contributed by atoms with Crippen LogP contribution in [0.1, 0.15) is 70.3 Å². The molecule has 7 nitrogen and oxygen atoms in total. The van der Waals surface area contributed by atoms with Gasteiger partial charge in [-0.15, -0.1) is 12.4 Å². The van der Waals surface area contributed by atoms with Crippen LogP contribution in [-0.2, 0) is 9.59 Å². The molecule has 2 aliphatic heterocycles. The summed E-state index contributed by atoms with van der Waals surface area (Å²) in [4.78, 5) is 29.6. The molecule has 0 unspecified atom stereocenters. The van der Waals surface area contributed by atoms with E-state index < -0.39 is 0 Å². The molecule has 3 fully saturated rings. The highest BCUT2D eigenvalue weighted by Crippen LogP contribution is 2.29. The Kier molecular flexibility index (Phi) is 11.6. The first-order valence-electron chi connectivity index (χ1n) is 13.8. The maximum atomic E-state index is 12.8. The molecule has 8 heteroatoms. The fourth-order valence-electron chi connectivity index (χ4n) is 5.73. The summed E-state index contributed by atoms with van der Waals surface area (Å²) in [5, 5.41) is 3.11. The first kappa shape index (κ1) is 29.3. The van der Waals surface area contributed by atoms with E-state index in [0.717, 1.165) is 50.3 Å². The molecule has 4 rings (SSSR count). The van der Waals surface area contributed by atoms with Gasteiger partial charge in [0.15, 0.2) is 18.1 Å². The molecule has 0 spiro atoms. The van der Waals surface area contributed by atoms with Crippen LogP contribution in [0.2, 0.25) is 0 Å². The number of hydrogen-bond acceptors (Lipinski definition) is 5. The normalized spacial score (nSPS) is 23.4. The highest BCUT2D eigenvalue weighted by molar-refractivity contribution is 5.92. The number of carbonyl (C=O) groups excluding carboxylic acids is 2. The first-order chi connectivity index (χ1) is 17.5. The number of nitrogens with one attached hydrogen (secondary N) is 1. The second-order valence-corrected chi connectivity index (χ2v) is 10.7. The number of piperidine rings is 2. The predicted molar refractivity (Wildman–Crippen MR) is 149 cm³/mol. The van der Waals surface area contributed by atoms with Gasteiger partial charge in [0, 0.05) is 31.2 Å². The lowest BCUT2D eigenvalue weighted by Crippen LogP contribution is -2.49. The Labute approximate surface area is 228 Å². The van der Waals surface area contributed by atoms with E-state index in [-0.39, 0.29) is 36.9 Å². The third kappa shape index (κ3) is 8.64. The number of benzene rings is 1. The van der Waals surface area contributed by atoms with Gasteiger partial charge < -0.3 is 24.6 Å². The fraction of sp³-hybridized carbons (Fsp3) is 0.655. The van der Waals surface area contributed by atoms with Crippen LogP contribution >= 0.6 is 12.4 Å². The SMILES string of the molecule is COc1cc(/C=C/C(=O)N[C@H]2CC[C@H](C)CC2)ccc1OCC(=O)N1CCC(N2CCCCC2)CC1.Cl. The van der Waals surface area contributed by atoms with Gasteiger partial charge in [0.25, 0.3) is 5.91 Å². The molecule has 1 N–H and O–H groups in total. The van der Waals surface area contributed by atoms with Crippen molar-refractivity contribution in [2.45, 2.75) is 76.8 Å². The van der Waals surface area contributed by atoms with Crippen LogP contribution in [0.4, 0.5) is 0 Å². The summed E-state index contributed by atoms with van der Waals surface area (Å²) in [5.41, 5.74) is 0.845. The van der Waals surface area contributed by atoms with E-state index in [1.807, 2.05) is 17.0 Å². The number of amides is 2. The molecule has 206 valence electrons. The van der Waals surface area contributed by atoms with Gasteiger partial charge in [0.2, 0.25) is 5.91 Å². The van der Waals surface area contributed by atoms with Gasteiger partial charge in [-0.05, 0) is 94.1 Å². The molecule has 37 heavy (non-hydrogen) atoms. The Morgan fingerprint density at radius 1 is 0.973 bits per heavy atom. The number of rotatable bonds is 8. The molecule has 0 radical (unpaired) electrons. The molecule has 2 heterocycles. The minimum absolute atomic E-state index is 0. The highest BCUT2D eigenvalue weighted by Gasteiger charge is 2.28. The summed E-state index contributed by atoms with van der Waals surface area (Å²) in [6.07, 6.45) is 13.8. The summed E-state index contributed by atoms with van der Waals surface area (Å²) in [6.45, 7) is 6.28. The Hall–Kier alpha value is -2.25. The number of hydrogen-bond donors (Lipinski definition) is 1. The van der Waals surface area contributed by atoms with Crippen LogP contribution in [0.3, 0.4) is 0 Å². The number of likely N-dealkylation sites (tertiary alicyclic amines) is 2. The maximum absolute atomic E-state index is 12.8. The van der Waals surface area contributed by atoms with Gasteiger partial charge in [0.1, 0.15) is 0 Å². The molecule has 2 amide bonds. The maximum Gasteiger partial charge on any atom is 0.260 e. The number of carbonyl (C=O) groups is 2. The first-order valence-corrected chi connectivity index (χ1v) is 13.8. The molecule has 2 saturated heterocycles. The van der Waals surface area contributed by atoms with Crippen LogP contribution in [0.5, 0.6) is 11.5 Å². The Balaban J connectivity index is 0.00000380. The van der Waals surface area contributed by atoms with E-state index in [4.69, 9.17) is 9.47 Å². The lowest BCUT2D eigenvalue weighted by molar-refractivity contribution is -0.135. The van der Waals surface area contributed by atoms with Gasteiger partial charge in [-0.2, -0.15) is 0 Å². The molecule has 0 atom stereocenters. The third-order valence-corrected chi connectivity index (χ3v) is 8.05. The Bertz CT molecular complexity index is 902. The van der Waals surface area contributed by atoms with Crippen molar-refractivity contribution in [3.8, 4) is 11.5 Å². The average molecular weight is 534 g/mol. The molecule has 1 aromatic carbocycles. The van der Waals surface area contributed by atoms with Crippen LogP contribution < -0.4 is 14.8 Å². The van der Waals surface area contributed by atoms with Crippen LogP contribution in [0, 0.1) is 5.92 Å². The van der Waals surface area contributed by atoms with Crippen LogP contribution in [0.25, 0.3) is 6.08 Å². The molecular formula is C29H44ClN3O4. The van der Waals surface area contributed by atoms with Gasteiger partial charge >= 0.3 is 0 Å². The topological polar surface area (TPSA) is 71.1 Å². The summed E-state index contributed by atoms with van der Waals surface area (Å²) >= 11 is 0.